The summed E-state index contributed by atoms with van der Waals surface area (Å²) in [4.78, 5) is 30.0. The van der Waals surface area contributed by atoms with Crippen molar-refractivity contribution < 1.29 is 9.59 Å². The fourth-order valence-electron chi connectivity index (χ4n) is 4.06. The first-order valence-corrected chi connectivity index (χ1v) is 9.55. The lowest BCUT2D eigenvalue weighted by molar-refractivity contribution is 0.0665. The Hall–Kier alpha value is -1.56. The Labute approximate surface area is 140 Å². The average Bonchev–Trinajstić information content (AvgIpc) is 3.20. The zero-order chi connectivity index (χ0) is 15.8. The number of fused-ring (bicyclic) bond motifs is 1. The molecule has 2 fully saturated rings. The number of aryl methyl sites for hydroxylation is 1. The molecule has 5 nitrogen and oxygen atoms in total. The minimum Gasteiger partial charge on any atom is -0.338 e. The summed E-state index contributed by atoms with van der Waals surface area (Å²) >= 11 is 1.76. The third-order valence-electron chi connectivity index (χ3n) is 5.37. The highest BCUT2D eigenvalue weighted by Gasteiger charge is 2.33. The summed E-state index contributed by atoms with van der Waals surface area (Å²) in [5.41, 5.74) is 2.26. The zero-order valence-corrected chi connectivity index (χ0v) is 14.2. The van der Waals surface area contributed by atoms with Crippen molar-refractivity contribution in [1.82, 2.24) is 15.1 Å². The van der Waals surface area contributed by atoms with Crippen LogP contribution in [0.15, 0.2) is 5.38 Å². The number of amides is 3. The molecule has 2 aliphatic heterocycles. The lowest BCUT2D eigenvalue weighted by atomic mass is 9.95. The Morgan fingerprint density at radius 2 is 1.96 bits per heavy atom. The Bertz CT molecular complexity index is 619. The van der Waals surface area contributed by atoms with Gasteiger partial charge in [-0.3, -0.25) is 4.79 Å². The van der Waals surface area contributed by atoms with Gasteiger partial charge in [0.1, 0.15) is 0 Å². The molecule has 4 rings (SSSR count). The van der Waals surface area contributed by atoms with Gasteiger partial charge in [0, 0.05) is 42.5 Å². The van der Waals surface area contributed by atoms with Crippen molar-refractivity contribution in [3.8, 4) is 0 Å². The van der Waals surface area contributed by atoms with Crippen LogP contribution in [-0.2, 0) is 12.8 Å². The molecule has 0 spiro atoms. The van der Waals surface area contributed by atoms with Crippen LogP contribution in [0.4, 0.5) is 4.79 Å². The predicted molar refractivity (Wildman–Crippen MR) is 90.0 cm³/mol. The molecular weight excluding hydrogens is 310 g/mol. The SMILES string of the molecule is O=C(c1csc2c1CCCC2)N1CCC(N2CCNC2=O)CC1. The normalized spacial score (nSPS) is 22.2. The molecular formula is C17H23N3O2S. The maximum Gasteiger partial charge on any atom is 0.317 e. The second kappa shape index (κ2) is 6.15. The topological polar surface area (TPSA) is 52.7 Å². The average molecular weight is 333 g/mol. The molecule has 124 valence electrons. The Morgan fingerprint density at radius 1 is 1.17 bits per heavy atom. The van der Waals surface area contributed by atoms with Crippen LogP contribution in [0.3, 0.4) is 0 Å². The number of urea groups is 1. The van der Waals surface area contributed by atoms with E-state index in [0.717, 1.165) is 57.4 Å². The number of piperidine rings is 1. The van der Waals surface area contributed by atoms with E-state index < -0.39 is 0 Å². The van der Waals surface area contributed by atoms with E-state index >= 15 is 0 Å². The van der Waals surface area contributed by atoms with E-state index in [0.29, 0.717) is 0 Å². The molecule has 1 aliphatic carbocycles. The molecule has 0 saturated carbocycles. The van der Waals surface area contributed by atoms with Crippen LogP contribution in [0.1, 0.15) is 46.5 Å². The van der Waals surface area contributed by atoms with Crippen LogP contribution in [0.2, 0.25) is 0 Å². The van der Waals surface area contributed by atoms with E-state index in [9.17, 15) is 9.59 Å². The predicted octanol–water partition coefficient (Wildman–Crippen LogP) is 2.26. The minimum absolute atomic E-state index is 0.0571. The van der Waals surface area contributed by atoms with Crippen LogP contribution in [0.25, 0.3) is 0 Å². The molecule has 2 saturated heterocycles. The monoisotopic (exact) mass is 333 g/mol. The Morgan fingerprint density at radius 3 is 2.70 bits per heavy atom. The van der Waals surface area contributed by atoms with E-state index in [1.165, 1.54) is 23.3 Å². The number of hydrogen-bond acceptors (Lipinski definition) is 3. The zero-order valence-electron chi connectivity index (χ0n) is 13.3. The summed E-state index contributed by atoms with van der Waals surface area (Å²) < 4.78 is 0. The second-order valence-electron chi connectivity index (χ2n) is 6.71. The highest BCUT2D eigenvalue weighted by atomic mass is 32.1. The number of hydrogen-bond donors (Lipinski definition) is 1. The number of nitrogens with one attached hydrogen (secondary N) is 1. The summed E-state index contributed by atoms with van der Waals surface area (Å²) in [6.07, 6.45) is 6.45. The molecule has 1 N–H and O–H groups in total. The number of likely N-dealkylation sites (tertiary alicyclic amines) is 1. The lowest BCUT2D eigenvalue weighted by Gasteiger charge is -2.36. The number of carbonyl (C=O) groups excluding carboxylic acids is 2. The van der Waals surface area contributed by atoms with E-state index in [1.807, 2.05) is 9.80 Å². The van der Waals surface area contributed by atoms with Gasteiger partial charge < -0.3 is 15.1 Å². The molecule has 3 heterocycles. The van der Waals surface area contributed by atoms with Crippen LogP contribution in [-0.4, -0.2) is 54.0 Å². The van der Waals surface area contributed by atoms with Gasteiger partial charge >= 0.3 is 6.03 Å². The van der Waals surface area contributed by atoms with Gasteiger partial charge in [0.15, 0.2) is 0 Å². The molecule has 3 amide bonds. The molecule has 23 heavy (non-hydrogen) atoms. The van der Waals surface area contributed by atoms with Crippen molar-refractivity contribution in [1.29, 1.82) is 0 Å². The second-order valence-corrected chi connectivity index (χ2v) is 7.67. The van der Waals surface area contributed by atoms with Crippen molar-refractivity contribution in [2.24, 2.45) is 0 Å². The van der Waals surface area contributed by atoms with Crippen LogP contribution in [0, 0.1) is 0 Å². The van der Waals surface area contributed by atoms with Crippen molar-refractivity contribution in [3.05, 3.63) is 21.4 Å². The maximum atomic E-state index is 12.9. The smallest absolute Gasteiger partial charge is 0.317 e. The van der Waals surface area contributed by atoms with Crippen molar-refractivity contribution >= 4 is 23.3 Å². The van der Waals surface area contributed by atoms with Gasteiger partial charge in [-0.25, -0.2) is 4.79 Å². The van der Waals surface area contributed by atoms with E-state index in [4.69, 9.17) is 0 Å². The first-order valence-electron chi connectivity index (χ1n) is 8.67. The van der Waals surface area contributed by atoms with Crippen molar-refractivity contribution in [2.45, 2.75) is 44.6 Å². The largest absolute Gasteiger partial charge is 0.338 e. The first-order chi connectivity index (χ1) is 11.2. The van der Waals surface area contributed by atoms with Gasteiger partial charge in [0.05, 0.1) is 5.56 Å². The summed E-state index contributed by atoms with van der Waals surface area (Å²) in [5.74, 6) is 0.203. The van der Waals surface area contributed by atoms with Gasteiger partial charge in [0.25, 0.3) is 5.91 Å². The van der Waals surface area contributed by atoms with E-state index in [-0.39, 0.29) is 18.0 Å². The molecule has 0 bridgehead atoms. The van der Waals surface area contributed by atoms with Crippen LogP contribution in [0.5, 0.6) is 0 Å². The molecule has 6 heteroatoms. The summed E-state index contributed by atoms with van der Waals surface area (Å²) in [6.45, 7) is 3.07. The van der Waals surface area contributed by atoms with Gasteiger partial charge in [-0.05, 0) is 44.1 Å². The lowest BCUT2D eigenvalue weighted by Crippen LogP contribution is -2.47. The summed E-state index contributed by atoms with van der Waals surface area (Å²) in [6, 6.07) is 0.347. The van der Waals surface area contributed by atoms with Crippen LogP contribution >= 0.6 is 11.3 Å². The minimum atomic E-state index is 0.0571. The highest BCUT2D eigenvalue weighted by molar-refractivity contribution is 7.10. The van der Waals surface area contributed by atoms with E-state index in [2.05, 4.69) is 10.7 Å². The van der Waals surface area contributed by atoms with Gasteiger partial charge in [-0.2, -0.15) is 0 Å². The molecule has 0 aromatic carbocycles. The fourth-order valence-corrected chi connectivity index (χ4v) is 5.18. The standard InChI is InChI=1S/C17H23N3O2S/c21-16(14-11-23-15-4-2-1-3-13(14)15)19-8-5-12(6-9-19)20-10-7-18-17(20)22/h11-12H,1-10H2,(H,18,22). The third-order valence-corrected chi connectivity index (χ3v) is 6.46. The molecule has 1 aromatic heterocycles. The number of thiophene rings is 1. The Balaban J connectivity index is 1.41. The van der Waals surface area contributed by atoms with Crippen molar-refractivity contribution in [3.63, 3.8) is 0 Å². The van der Waals surface area contributed by atoms with Crippen molar-refractivity contribution in [2.75, 3.05) is 26.2 Å². The molecule has 1 aromatic rings. The summed E-state index contributed by atoms with van der Waals surface area (Å²) in [7, 11) is 0. The maximum absolute atomic E-state index is 12.9. The fraction of sp³-hybridized carbons (Fsp3) is 0.647. The third kappa shape index (κ3) is 2.73. The first kappa shape index (κ1) is 15.0. The van der Waals surface area contributed by atoms with Gasteiger partial charge in [-0.1, -0.05) is 0 Å². The molecule has 0 radical (unpaired) electrons. The number of nitrogens with zero attached hydrogens (tertiary/aromatic N) is 2. The van der Waals surface area contributed by atoms with Gasteiger partial charge in [-0.15, -0.1) is 11.3 Å². The molecule has 3 aliphatic rings. The van der Waals surface area contributed by atoms with Gasteiger partial charge in [0.2, 0.25) is 0 Å². The summed E-state index contributed by atoms with van der Waals surface area (Å²) in [5, 5.41) is 4.93. The highest BCUT2D eigenvalue weighted by Crippen LogP contribution is 2.31. The van der Waals surface area contributed by atoms with E-state index in [1.54, 1.807) is 11.3 Å². The molecule has 0 unspecified atom stereocenters. The number of rotatable bonds is 2. The van der Waals surface area contributed by atoms with Crippen LogP contribution < -0.4 is 5.32 Å². The number of carbonyl (C=O) groups is 2. The quantitative estimate of drug-likeness (QED) is 0.902. The molecule has 0 atom stereocenters. The Kier molecular flexibility index (Phi) is 4.01.